The van der Waals surface area contributed by atoms with Gasteiger partial charge in [-0.05, 0) is 36.8 Å². The van der Waals surface area contributed by atoms with E-state index in [1.54, 1.807) is 24.3 Å². The van der Waals surface area contributed by atoms with E-state index < -0.39 is 22.9 Å². The smallest absolute Gasteiger partial charge is 0.339 e. The Kier molecular flexibility index (Phi) is 6.95. The second kappa shape index (κ2) is 10.0. The Hall–Kier alpha value is -4.20. The first-order valence-electron chi connectivity index (χ1n) is 9.57. The van der Waals surface area contributed by atoms with Gasteiger partial charge < -0.3 is 15.4 Å². The second-order valence-corrected chi connectivity index (χ2v) is 6.73. The Labute approximate surface area is 179 Å². The lowest BCUT2D eigenvalue weighted by molar-refractivity contribution is -0.384. The molecule has 0 aliphatic carbocycles. The molecule has 1 atom stereocenters. The van der Waals surface area contributed by atoms with Crippen LogP contribution in [0.1, 0.15) is 22.8 Å². The molecule has 0 radical (unpaired) electrons. The van der Waals surface area contributed by atoms with E-state index in [4.69, 9.17) is 4.74 Å². The molecule has 8 nitrogen and oxygen atoms in total. The van der Waals surface area contributed by atoms with Crippen molar-refractivity contribution in [1.29, 1.82) is 0 Å². The van der Waals surface area contributed by atoms with Crippen LogP contribution in [-0.4, -0.2) is 22.9 Å². The van der Waals surface area contributed by atoms with E-state index in [1.807, 2.05) is 36.4 Å². The number of nitrogens with zero attached hydrogens (tertiary/aromatic N) is 1. The third kappa shape index (κ3) is 5.89. The van der Waals surface area contributed by atoms with Gasteiger partial charge in [0, 0.05) is 18.3 Å². The zero-order chi connectivity index (χ0) is 22.2. The molecule has 158 valence electrons. The van der Waals surface area contributed by atoms with Crippen molar-refractivity contribution in [2.24, 2.45) is 0 Å². The van der Waals surface area contributed by atoms with Gasteiger partial charge in [-0.2, -0.15) is 0 Å². The molecule has 0 aromatic heterocycles. The molecule has 0 saturated carbocycles. The standard InChI is InChI=1S/C23H21N3O5/c1-16(22(27)25-19-10-6-3-7-11-19)31-23(28)18-12-13-20(21(14-18)26(29)30)24-15-17-8-4-2-5-9-17/h2-14,16,24H,15H2,1H3,(H,25,27)/t16-/m0/s1. The summed E-state index contributed by atoms with van der Waals surface area (Å²) in [5.74, 6) is -1.33. The predicted octanol–water partition coefficient (Wildman–Crippen LogP) is 4.39. The van der Waals surface area contributed by atoms with Crippen LogP contribution in [0.15, 0.2) is 78.9 Å². The summed E-state index contributed by atoms with van der Waals surface area (Å²) in [6.45, 7) is 1.82. The van der Waals surface area contributed by atoms with Gasteiger partial charge in [0.2, 0.25) is 0 Å². The van der Waals surface area contributed by atoms with Gasteiger partial charge >= 0.3 is 5.97 Å². The van der Waals surface area contributed by atoms with Crippen molar-refractivity contribution < 1.29 is 19.2 Å². The highest BCUT2D eigenvalue weighted by atomic mass is 16.6. The lowest BCUT2D eigenvalue weighted by Gasteiger charge is -2.14. The first-order valence-corrected chi connectivity index (χ1v) is 9.57. The summed E-state index contributed by atoms with van der Waals surface area (Å²) in [5, 5.41) is 17.1. The molecule has 3 rings (SSSR count). The number of nitrogens with one attached hydrogen (secondary N) is 2. The molecule has 0 aliphatic rings. The van der Waals surface area contributed by atoms with E-state index in [9.17, 15) is 19.7 Å². The van der Waals surface area contributed by atoms with E-state index in [2.05, 4.69) is 10.6 Å². The maximum atomic E-state index is 12.4. The molecule has 0 fully saturated rings. The van der Waals surface area contributed by atoms with Gasteiger partial charge in [0.15, 0.2) is 6.10 Å². The third-order valence-electron chi connectivity index (χ3n) is 4.45. The molecular formula is C23H21N3O5. The van der Waals surface area contributed by atoms with Crippen molar-refractivity contribution in [3.05, 3.63) is 100 Å². The predicted molar refractivity (Wildman–Crippen MR) is 117 cm³/mol. The van der Waals surface area contributed by atoms with Gasteiger partial charge in [0.05, 0.1) is 10.5 Å². The number of benzene rings is 3. The molecule has 31 heavy (non-hydrogen) atoms. The zero-order valence-corrected chi connectivity index (χ0v) is 16.8. The molecule has 3 aromatic rings. The normalized spacial score (nSPS) is 11.3. The molecule has 8 heteroatoms. The number of hydrogen-bond acceptors (Lipinski definition) is 6. The summed E-state index contributed by atoms with van der Waals surface area (Å²) in [6.07, 6.45) is -1.08. The summed E-state index contributed by atoms with van der Waals surface area (Å²) < 4.78 is 5.18. The Morgan fingerprint density at radius 2 is 1.65 bits per heavy atom. The number of amides is 1. The van der Waals surface area contributed by atoms with Gasteiger partial charge in [0.25, 0.3) is 11.6 Å². The number of hydrogen-bond donors (Lipinski definition) is 2. The minimum atomic E-state index is -1.08. The minimum Gasteiger partial charge on any atom is -0.449 e. The van der Waals surface area contributed by atoms with Gasteiger partial charge in [-0.3, -0.25) is 14.9 Å². The van der Waals surface area contributed by atoms with Crippen LogP contribution in [0.2, 0.25) is 0 Å². The molecule has 0 saturated heterocycles. The van der Waals surface area contributed by atoms with Crippen molar-refractivity contribution >= 4 is 28.9 Å². The average molecular weight is 419 g/mol. The fourth-order valence-corrected chi connectivity index (χ4v) is 2.80. The van der Waals surface area contributed by atoms with Crippen LogP contribution < -0.4 is 10.6 Å². The summed E-state index contributed by atoms with van der Waals surface area (Å²) in [7, 11) is 0. The van der Waals surface area contributed by atoms with Gasteiger partial charge in [-0.15, -0.1) is 0 Å². The highest BCUT2D eigenvalue weighted by Gasteiger charge is 2.22. The summed E-state index contributed by atoms with van der Waals surface area (Å²) in [4.78, 5) is 35.6. The molecule has 3 aromatic carbocycles. The first kappa shape index (κ1) is 21.5. The maximum absolute atomic E-state index is 12.4. The first-order chi connectivity index (χ1) is 14.9. The third-order valence-corrected chi connectivity index (χ3v) is 4.45. The quantitative estimate of drug-likeness (QED) is 0.318. The Balaban J connectivity index is 1.67. The van der Waals surface area contributed by atoms with Crippen molar-refractivity contribution in [2.45, 2.75) is 19.6 Å². The lowest BCUT2D eigenvalue weighted by Crippen LogP contribution is -2.30. The number of carbonyl (C=O) groups excluding carboxylic acids is 2. The summed E-state index contributed by atoms with van der Waals surface area (Å²) in [5.41, 5.74) is 1.53. The number of ether oxygens (including phenoxy) is 1. The molecule has 0 heterocycles. The molecule has 0 bridgehead atoms. The van der Waals surface area contributed by atoms with Crippen molar-refractivity contribution in [2.75, 3.05) is 10.6 Å². The fraction of sp³-hybridized carbons (Fsp3) is 0.130. The fourth-order valence-electron chi connectivity index (χ4n) is 2.80. The van der Waals surface area contributed by atoms with E-state index in [0.717, 1.165) is 11.6 Å². The number of anilines is 2. The van der Waals surface area contributed by atoms with Crippen LogP contribution >= 0.6 is 0 Å². The number of esters is 1. The molecule has 1 amide bonds. The van der Waals surface area contributed by atoms with Gasteiger partial charge in [-0.25, -0.2) is 4.79 Å². The molecule has 0 unspecified atom stereocenters. The summed E-state index contributed by atoms with van der Waals surface area (Å²) >= 11 is 0. The van der Waals surface area contributed by atoms with Crippen LogP contribution in [0.4, 0.5) is 17.1 Å². The van der Waals surface area contributed by atoms with E-state index in [0.29, 0.717) is 12.2 Å². The number of nitro groups is 1. The Bertz CT molecular complexity index is 1070. The zero-order valence-electron chi connectivity index (χ0n) is 16.8. The molecule has 0 spiro atoms. The minimum absolute atomic E-state index is 0.0173. The van der Waals surface area contributed by atoms with Crippen LogP contribution in [-0.2, 0) is 16.1 Å². The second-order valence-electron chi connectivity index (χ2n) is 6.73. The van der Waals surface area contributed by atoms with Crippen molar-refractivity contribution in [1.82, 2.24) is 0 Å². The van der Waals surface area contributed by atoms with Crippen LogP contribution in [0.5, 0.6) is 0 Å². The maximum Gasteiger partial charge on any atom is 0.339 e. The molecular weight excluding hydrogens is 398 g/mol. The number of rotatable bonds is 8. The van der Waals surface area contributed by atoms with E-state index in [-0.39, 0.29) is 16.9 Å². The lowest BCUT2D eigenvalue weighted by atomic mass is 10.1. The van der Waals surface area contributed by atoms with Crippen LogP contribution in [0.3, 0.4) is 0 Å². The van der Waals surface area contributed by atoms with Crippen molar-refractivity contribution in [3.63, 3.8) is 0 Å². The largest absolute Gasteiger partial charge is 0.449 e. The number of para-hydroxylation sites is 1. The SMILES string of the molecule is C[C@H](OC(=O)c1ccc(NCc2ccccc2)c([N+](=O)[O-])c1)C(=O)Nc1ccccc1. The van der Waals surface area contributed by atoms with E-state index in [1.165, 1.54) is 19.1 Å². The van der Waals surface area contributed by atoms with Gasteiger partial charge in [-0.1, -0.05) is 48.5 Å². The van der Waals surface area contributed by atoms with Crippen LogP contribution in [0, 0.1) is 10.1 Å². The number of carbonyl (C=O) groups is 2. The van der Waals surface area contributed by atoms with Crippen LogP contribution in [0.25, 0.3) is 0 Å². The monoisotopic (exact) mass is 419 g/mol. The highest BCUT2D eigenvalue weighted by Crippen LogP contribution is 2.26. The Morgan fingerprint density at radius 1 is 1.00 bits per heavy atom. The average Bonchev–Trinajstić information content (AvgIpc) is 2.78. The van der Waals surface area contributed by atoms with E-state index >= 15 is 0 Å². The highest BCUT2D eigenvalue weighted by molar-refractivity contribution is 5.97. The molecule has 2 N–H and O–H groups in total. The topological polar surface area (TPSA) is 111 Å². The summed E-state index contributed by atoms with van der Waals surface area (Å²) in [6, 6.07) is 22.2. The molecule has 0 aliphatic heterocycles. The van der Waals surface area contributed by atoms with Crippen molar-refractivity contribution in [3.8, 4) is 0 Å². The Morgan fingerprint density at radius 3 is 2.29 bits per heavy atom. The van der Waals surface area contributed by atoms with Gasteiger partial charge in [0.1, 0.15) is 5.69 Å². The number of nitro benzene ring substituents is 1.